The predicted octanol–water partition coefficient (Wildman–Crippen LogP) is 5.56. The molecule has 3 aliphatic rings. The SMILES string of the molecule is OC(c1ccccc1)C12c3ccccc3C(c3ccccc31)c1ccccc12. The zero-order valence-electron chi connectivity index (χ0n) is 15.4. The highest BCUT2D eigenvalue weighted by Gasteiger charge is 2.55. The third-order valence-electron chi connectivity index (χ3n) is 6.62. The van der Waals surface area contributed by atoms with Crippen molar-refractivity contribution in [2.45, 2.75) is 17.4 Å². The summed E-state index contributed by atoms with van der Waals surface area (Å²) >= 11 is 0. The van der Waals surface area contributed by atoms with Crippen molar-refractivity contribution in [2.75, 3.05) is 0 Å². The molecule has 134 valence electrons. The van der Waals surface area contributed by atoms with Crippen LogP contribution in [0.3, 0.4) is 0 Å². The first-order valence-electron chi connectivity index (χ1n) is 9.84. The Balaban J connectivity index is 1.79. The van der Waals surface area contributed by atoms with Gasteiger partial charge in [0.15, 0.2) is 0 Å². The van der Waals surface area contributed by atoms with Gasteiger partial charge >= 0.3 is 0 Å². The van der Waals surface area contributed by atoms with Crippen molar-refractivity contribution in [3.8, 4) is 0 Å². The standard InChI is InChI=1S/C27H20O/c28-26(18-10-2-1-3-11-18)27-22-15-7-4-12-19(22)25(20-13-5-8-16-23(20)27)21-14-6-9-17-24(21)27/h1-17,25-26,28H. The Morgan fingerprint density at radius 3 is 1.39 bits per heavy atom. The molecule has 28 heavy (non-hydrogen) atoms. The summed E-state index contributed by atoms with van der Waals surface area (Å²) in [5, 5.41) is 12.0. The molecule has 0 aliphatic heterocycles. The second-order valence-corrected chi connectivity index (χ2v) is 7.82. The Morgan fingerprint density at radius 2 is 0.929 bits per heavy atom. The van der Waals surface area contributed by atoms with Crippen LogP contribution in [0, 0.1) is 0 Å². The summed E-state index contributed by atoms with van der Waals surface area (Å²) < 4.78 is 0. The van der Waals surface area contributed by atoms with Gasteiger partial charge in [-0.15, -0.1) is 0 Å². The van der Waals surface area contributed by atoms with E-state index in [4.69, 9.17) is 0 Å². The molecule has 0 aromatic heterocycles. The molecular weight excluding hydrogens is 340 g/mol. The molecule has 1 N–H and O–H groups in total. The molecule has 7 rings (SSSR count). The second kappa shape index (κ2) is 5.67. The predicted molar refractivity (Wildman–Crippen MR) is 112 cm³/mol. The van der Waals surface area contributed by atoms with Crippen molar-refractivity contribution in [1.29, 1.82) is 0 Å². The number of benzene rings is 4. The van der Waals surface area contributed by atoms with Crippen molar-refractivity contribution >= 4 is 0 Å². The van der Waals surface area contributed by atoms with Crippen molar-refractivity contribution in [1.82, 2.24) is 0 Å². The van der Waals surface area contributed by atoms with Crippen LogP contribution >= 0.6 is 0 Å². The first-order valence-corrected chi connectivity index (χ1v) is 9.84. The fourth-order valence-electron chi connectivity index (χ4n) is 5.59. The fourth-order valence-corrected chi connectivity index (χ4v) is 5.59. The molecule has 3 aliphatic carbocycles. The van der Waals surface area contributed by atoms with E-state index in [2.05, 4.69) is 72.8 Å². The lowest BCUT2D eigenvalue weighted by molar-refractivity contribution is 0.117. The average Bonchev–Trinajstić information content (AvgIpc) is 2.79. The fraction of sp³-hybridized carbons (Fsp3) is 0.111. The van der Waals surface area contributed by atoms with Gasteiger partial charge in [0, 0.05) is 5.92 Å². The Hall–Kier alpha value is -3.16. The Bertz CT molecular complexity index is 1080. The van der Waals surface area contributed by atoms with Gasteiger partial charge in [-0.25, -0.2) is 0 Å². The number of aliphatic hydroxyl groups excluding tert-OH is 1. The molecule has 4 aromatic carbocycles. The highest BCUT2D eigenvalue weighted by molar-refractivity contribution is 5.73. The summed E-state index contributed by atoms with van der Waals surface area (Å²) in [6.45, 7) is 0. The molecule has 0 fully saturated rings. The molecule has 0 saturated carbocycles. The molecule has 0 heterocycles. The molecular formula is C27H20O. The van der Waals surface area contributed by atoms with Crippen LogP contribution in [0.15, 0.2) is 103 Å². The van der Waals surface area contributed by atoms with Gasteiger partial charge in [-0.05, 0) is 38.9 Å². The molecule has 1 unspecified atom stereocenters. The number of aliphatic hydroxyl groups is 1. The van der Waals surface area contributed by atoms with Gasteiger partial charge in [-0.3, -0.25) is 0 Å². The van der Waals surface area contributed by atoms with Crippen LogP contribution in [0.2, 0.25) is 0 Å². The smallest absolute Gasteiger partial charge is 0.0968 e. The number of hydrogen-bond donors (Lipinski definition) is 1. The summed E-state index contributed by atoms with van der Waals surface area (Å²) in [6, 6.07) is 36.1. The lowest BCUT2D eigenvalue weighted by Crippen LogP contribution is -2.46. The largest absolute Gasteiger partial charge is 0.387 e. The third-order valence-corrected chi connectivity index (χ3v) is 6.62. The minimum Gasteiger partial charge on any atom is -0.387 e. The summed E-state index contributed by atoms with van der Waals surface area (Å²) in [5.41, 5.74) is 7.98. The van der Waals surface area contributed by atoms with Crippen molar-refractivity contribution < 1.29 is 5.11 Å². The van der Waals surface area contributed by atoms with E-state index in [-0.39, 0.29) is 5.92 Å². The molecule has 0 amide bonds. The number of rotatable bonds is 2. The highest BCUT2D eigenvalue weighted by Crippen LogP contribution is 2.62. The maximum Gasteiger partial charge on any atom is 0.0968 e. The van der Waals surface area contributed by atoms with Gasteiger partial charge in [0.2, 0.25) is 0 Å². The average molecular weight is 360 g/mol. The minimum atomic E-state index is -0.668. The maximum atomic E-state index is 12.0. The summed E-state index contributed by atoms with van der Waals surface area (Å²) in [5.74, 6) is 0.230. The lowest BCUT2D eigenvalue weighted by atomic mass is 9.50. The first kappa shape index (κ1) is 15.9. The van der Waals surface area contributed by atoms with Gasteiger partial charge in [0.05, 0.1) is 11.5 Å². The summed E-state index contributed by atoms with van der Waals surface area (Å²) in [7, 11) is 0. The molecule has 0 spiro atoms. The van der Waals surface area contributed by atoms with Gasteiger partial charge in [0.1, 0.15) is 0 Å². The number of hydrogen-bond acceptors (Lipinski definition) is 1. The molecule has 1 heteroatoms. The molecule has 1 atom stereocenters. The zero-order valence-corrected chi connectivity index (χ0v) is 15.4. The van der Waals surface area contributed by atoms with E-state index >= 15 is 0 Å². The van der Waals surface area contributed by atoms with Crippen LogP contribution in [-0.4, -0.2) is 5.11 Å². The Kier molecular flexibility index (Phi) is 3.21. The van der Waals surface area contributed by atoms with E-state index in [0.29, 0.717) is 0 Å². The molecule has 2 bridgehead atoms. The van der Waals surface area contributed by atoms with Crippen molar-refractivity contribution in [3.63, 3.8) is 0 Å². The summed E-state index contributed by atoms with van der Waals surface area (Å²) in [6.07, 6.45) is -0.668. The van der Waals surface area contributed by atoms with Crippen molar-refractivity contribution in [2.24, 2.45) is 0 Å². The topological polar surface area (TPSA) is 20.2 Å². The van der Waals surface area contributed by atoms with E-state index in [0.717, 1.165) is 5.56 Å². The zero-order chi connectivity index (χ0) is 18.7. The van der Waals surface area contributed by atoms with E-state index < -0.39 is 11.5 Å². The quantitative estimate of drug-likeness (QED) is 0.496. The van der Waals surface area contributed by atoms with Crippen LogP contribution < -0.4 is 0 Å². The highest BCUT2D eigenvalue weighted by atomic mass is 16.3. The second-order valence-electron chi connectivity index (χ2n) is 7.82. The molecule has 0 radical (unpaired) electrons. The van der Waals surface area contributed by atoms with Gasteiger partial charge in [-0.1, -0.05) is 103 Å². The van der Waals surface area contributed by atoms with Crippen LogP contribution in [0.4, 0.5) is 0 Å². The van der Waals surface area contributed by atoms with E-state index in [1.54, 1.807) is 0 Å². The van der Waals surface area contributed by atoms with Gasteiger partial charge in [0.25, 0.3) is 0 Å². The Labute approximate surface area is 164 Å². The molecule has 1 nitrogen and oxygen atoms in total. The van der Waals surface area contributed by atoms with E-state index in [1.807, 2.05) is 30.3 Å². The summed E-state index contributed by atoms with van der Waals surface area (Å²) in [4.78, 5) is 0. The van der Waals surface area contributed by atoms with E-state index in [1.165, 1.54) is 33.4 Å². The van der Waals surface area contributed by atoms with Gasteiger partial charge in [-0.2, -0.15) is 0 Å². The monoisotopic (exact) mass is 360 g/mol. The molecule has 0 saturated heterocycles. The molecule has 4 aromatic rings. The van der Waals surface area contributed by atoms with Crippen LogP contribution in [0.25, 0.3) is 0 Å². The minimum absolute atomic E-state index is 0.230. The third kappa shape index (κ3) is 1.80. The lowest BCUT2D eigenvalue weighted by Gasteiger charge is -2.52. The Morgan fingerprint density at radius 1 is 0.536 bits per heavy atom. The first-order chi connectivity index (χ1) is 13.8. The van der Waals surface area contributed by atoms with Crippen LogP contribution in [-0.2, 0) is 5.41 Å². The maximum absolute atomic E-state index is 12.0. The van der Waals surface area contributed by atoms with Gasteiger partial charge < -0.3 is 5.11 Å². The van der Waals surface area contributed by atoms with Crippen LogP contribution in [0.5, 0.6) is 0 Å². The van der Waals surface area contributed by atoms with E-state index in [9.17, 15) is 5.11 Å². The van der Waals surface area contributed by atoms with Crippen molar-refractivity contribution in [3.05, 3.63) is 142 Å². The van der Waals surface area contributed by atoms with Crippen LogP contribution in [0.1, 0.15) is 51.0 Å². The normalized spacial score (nSPS) is 22.1.